The molecule has 0 saturated carbocycles. The molecule has 3 aromatic rings. The number of benzene rings is 3. The Balaban J connectivity index is 1.51. The van der Waals surface area contributed by atoms with Gasteiger partial charge in [-0.05, 0) is 36.2 Å². The van der Waals surface area contributed by atoms with Crippen molar-refractivity contribution in [2.45, 2.75) is 25.9 Å². The summed E-state index contributed by atoms with van der Waals surface area (Å²) in [6, 6.07) is 25.3. The molecule has 0 saturated heterocycles. The molecule has 0 aromatic heterocycles. The molecule has 0 amide bonds. The highest BCUT2D eigenvalue weighted by Gasteiger charge is 2.25. The maximum absolute atomic E-state index is 6.28. The Kier molecular flexibility index (Phi) is 3.96. The molecular formula is C22H21NO. The minimum Gasteiger partial charge on any atom is -0.487 e. The Bertz CT molecular complexity index is 824. The van der Waals surface area contributed by atoms with E-state index in [1.54, 1.807) is 0 Å². The Morgan fingerprint density at radius 3 is 2.50 bits per heavy atom. The van der Waals surface area contributed by atoms with Crippen molar-refractivity contribution in [2.75, 3.05) is 5.32 Å². The lowest BCUT2D eigenvalue weighted by Crippen LogP contribution is -2.16. The fourth-order valence-electron chi connectivity index (χ4n) is 3.21. The van der Waals surface area contributed by atoms with Gasteiger partial charge in [0.05, 0.1) is 5.69 Å². The molecule has 1 unspecified atom stereocenters. The average Bonchev–Trinajstić information content (AvgIpc) is 3.01. The third-order valence-corrected chi connectivity index (χ3v) is 4.47. The predicted octanol–water partition coefficient (Wildman–Crippen LogP) is 5.28. The van der Waals surface area contributed by atoms with Gasteiger partial charge in [0.25, 0.3) is 0 Å². The third kappa shape index (κ3) is 3.13. The topological polar surface area (TPSA) is 21.3 Å². The van der Waals surface area contributed by atoms with Crippen molar-refractivity contribution in [3.8, 4) is 5.75 Å². The molecule has 0 aliphatic carbocycles. The molecule has 1 N–H and O–H groups in total. The van der Waals surface area contributed by atoms with E-state index < -0.39 is 0 Å². The van der Waals surface area contributed by atoms with Gasteiger partial charge in [0, 0.05) is 18.5 Å². The summed E-state index contributed by atoms with van der Waals surface area (Å²) in [5.41, 5.74) is 6.04. The summed E-state index contributed by atoms with van der Waals surface area (Å²) in [4.78, 5) is 0. The van der Waals surface area contributed by atoms with Crippen LogP contribution < -0.4 is 10.1 Å². The molecule has 0 fully saturated rings. The largest absolute Gasteiger partial charge is 0.487 e. The summed E-state index contributed by atoms with van der Waals surface area (Å²) in [7, 11) is 0. The van der Waals surface area contributed by atoms with Crippen molar-refractivity contribution in [3.05, 3.63) is 89.5 Å². The number of anilines is 2. The molecule has 0 radical (unpaired) electrons. The molecule has 4 rings (SSSR count). The SMILES string of the molecule is Cc1ccc(CC2Cc3cccc(Nc4ccccc4)c3O2)cc1. The number of ether oxygens (including phenoxy) is 1. The van der Waals surface area contributed by atoms with E-state index in [2.05, 4.69) is 66.8 Å². The standard InChI is InChI=1S/C22H21NO/c1-16-10-12-17(13-11-16)14-20-15-18-6-5-9-21(22(18)24-20)23-19-7-3-2-4-8-19/h2-13,20,23H,14-15H2,1H3. The molecule has 1 aliphatic rings. The fourth-order valence-corrected chi connectivity index (χ4v) is 3.21. The van der Waals surface area contributed by atoms with Crippen molar-refractivity contribution in [3.63, 3.8) is 0 Å². The monoisotopic (exact) mass is 315 g/mol. The number of aryl methyl sites for hydroxylation is 1. The summed E-state index contributed by atoms with van der Waals surface area (Å²) >= 11 is 0. The Hall–Kier alpha value is -2.74. The van der Waals surface area contributed by atoms with Crippen LogP contribution in [0.25, 0.3) is 0 Å². The zero-order chi connectivity index (χ0) is 16.4. The first kappa shape index (κ1) is 14.8. The lowest BCUT2D eigenvalue weighted by Gasteiger charge is -2.14. The lowest BCUT2D eigenvalue weighted by molar-refractivity contribution is 0.234. The van der Waals surface area contributed by atoms with E-state index in [9.17, 15) is 0 Å². The van der Waals surface area contributed by atoms with Gasteiger partial charge in [-0.3, -0.25) is 0 Å². The highest BCUT2D eigenvalue weighted by molar-refractivity contribution is 5.69. The van der Waals surface area contributed by atoms with Crippen LogP contribution in [-0.2, 0) is 12.8 Å². The molecule has 2 nitrogen and oxygen atoms in total. The predicted molar refractivity (Wildman–Crippen MR) is 99.2 cm³/mol. The van der Waals surface area contributed by atoms with E-state index in [4.69, 9.17) is 4.74 Å². The lowest BCUT2D eigenvalue weighted by atomic mass is 10.0. The van der Waals surface area contributed by atoms with Crippen LogP contribution in [0.3, 0.4) is 0 Å². The number of para-hydroxylation sites is 2. The van der Waals surface area contributed by atoms with E-state index in [1.807, 2.05) is 18.2 Å². The maximum atomic E-state index is 6.28. The molecule has 0 bridgehead atoms. The Morgan fingerprint density at radius 2 is 1.71 bits per heavy atom. The second-order valence-corrected chi connectivity index (χ2v) is 6.42. The Morgan fingerprint density at radius 1 is 0.917 bits per heavy atom. The third-order valence-electron chi connectivity index (χ3n) is 4.47. The summed E-state index contributed by atoms with van der Waals surface area (Å²) in [5, 5.41) is 3.47. The van der Waals surface area contributed by atoms with Crippen LogP contribution in [0.15, 0.2) is 72.8 Å². The Labute approximate surface area is 143 Å². The highest BCUT2D eigenvalue weighted by atomic mass is 16.5. The summed E-state index contributed by atoms with van der Waals surface area (Å²) < 4.78 is 6.28. The maximum Gasteiger partial charge on any atom is 0.146 e. The molecule has 3 aromatic carbocycles. The molecule has 1 atom stereocenters. The van der Waals surface area contributed by atoms with Gasteiger partial charge < -0.3 is 10.1 Å². The van der Waals surface area contributed by atoms with Crippen LogP contribution in [0.4, 0.5) is 11.4 Å². The summed E-state index contributed by atoms with van der Waals surface area (Å²) in [6.07, 6.45) is 2.12. The number of rotatable bonds is 4. The van der Waals surface area contributed by atoms with E-state index in [0.717, 1.165) is 30.0 Å². The molecular weight excluding hydrogens is 294 g/mol. The van der Waals surface area contributed by atoms with E-state index >= 15 is 0 Å². The molecule has 1 aliphatic heterocycles. The van der Waals surface area contributed by atoms with Crippen molar-refractivity contribution < 1.29 is 4.74 Å². The highest BCUT2D eigenvalue weighted by Crippen LogP contribution is 2.38. The van der Waals surface area contributed by atoms with Gasteiger partial charge in [-0.15, -0.1) is 0 Å². The fraction of sp³-hybridized carbons (Fsp3) is 0.182. The van der Waals surface area contributed by atoms with E-state index in [0.29, 0.717) is 0 Å². The van der Waals surface area contributed by atoms with E-state index in [-0.39, 0.29) is 6.10 Å². The van der Waals surface area contributed by atoms with Gasteiger partial charge in [-0.1, -0.05) is 60.2 Å². The summed E-state index contributed by atoms with van der Waals surface area (Å²) in [5.74, 6) is 0.999. The quantitative estimate of drug-likeness (QED) is 0.707. The van der Waals surface area contributed by atoms with Crippen LogP contribution in [0.2, 0.25) is 0 Å². The second-order valence-electron chi connectivity index (χ2n) is 6.42. The minimum absolute atomic E-state index is 0.210. The summed E-state index contributed by atoms with van der Waals surface area (Å²) in [6.45, 7) is 2.12. The van der Waals surface area contributed by atoms with Gasteiger partial charge in [0.15, 0.2) is 0 Å². The number of fused-ring (bicyclic) bond motifs is 1. The molecule has 0 spiro atoms. The molecule has 120 valence electrons. The van der Waals surface area contributed by atoms with Crippen molar-refractivity contribution in [1.82, 2.24) is 0 Å². The van der Waals surface area contributed by atoms with Crippen LogP contribution >= 0.6 is 0 Å². The average molecular weight is 315 g/mol. The van der Waals surface area contributed by atoms with Gasteiger partial charge in [-0.2, -0.15) is 0 Å². The van der Waals surface area contributed by atoms with Crippen LogP contribution in [0.1, 0.15) is 16.7 Å². The van der Waals surface area contributed by atoms with Crippen molar-refractivity contribution >= 4 is 11.4 Å². The van der Waals surface area contributed by atoms with Gasteiger partial charge in [0.2, 0.25) is 0 Å². The van der Waals surface area contributed by atoms with Crippen LogP contribution in [0, 0.1) is 6.92 Å². The zero-order valence-corrected chi connectivity index (χ0v) is 13.8. The van der Waals surface area contributed by atoms with Crippen LogP contribution in [-0.4, -0.2) is 6.10 Å². The van der Waals surface area contributed by atoms with Crippen molar-refractivity contribution in [2.24, 2.45) is 0 Å². The first-order valence-corrected chi connectivity index (χ1v) is 8.44. The van der Waals surface area contributed by atoms with Gasteiger partial charge >= 0.3 is 0 Å². The van der Waals surface area contributed by atoms with Gasteiger partial charge in [0.1, 0.15) is 11.9 Å². The molecule has 2 heteroatoms. The number of hydrogen-bond acceptors (Lipinski definition) is 2. The second kappa shape index (κ2) is 6.40. The number of hydrogen-bond donors (Lipinski definition) is 1. The number of nitrogens with one attached hydrogen (secondary N) is 1. The zero-order valence-electron chi connectivity index (χ0n) is 13.8. The van der Waals surface area contributed by atoms with E-state index in [1.165, 1.54) is 16.7 Å². The smallest absolute Gasteiger partial charge is 0.146 e. The van der Waals surface area contributed by atoms with Crippen LogP contribution in [0.5, 0.6) is 5.75 Å². The van der Waals surface area contributed by atoms with Crippen molar-refractivity contribution in [1.29, 1.82) is 0 Å². The minimum atomic E-state index is 0.210. The van der Waals surface area contributed by atoms with Gasteiger partial charge in [-0.25, -0.2) is 0 Å². The first-order chi connectivity index (χ1) is 11.8. The molecule has 24 heavy (non-hydrogen) atoms. The molecule has 1 heterocycles. The normalized spacial score (nSPS) is 15.6. The first-order valence-electron chi connectivity index (χ1n) is 8.44.